The Morgan fingerprint density at radius 2 is 1.87 bits per heavy atom. The zero-order chi connectivity index (χ0) is 21.3. The van der Waals surface area contributed by atoms with Gasteiger partial charge in [-0.05, 0) is 49.6 Å². The Balaban J connectivity index is 1.65. The van der Waals surface area contributed by atoms with Gasteiger partial charge < -0.3 is 15.2 Å². The van der Waals surface area contributed by atoms with Crippen LogP contribution in [0.3, 0.4) is 0 Å². The predicted octanol–water partition coefficient (Wildman–Crippen LogP) is 5.61. The topological polar surface area (TPSA) is 71.5 Å². The minimum absolute atomic E-state index is 0.139. The third-order valence-corrected chi connectivity index (χ3v) is 5.72. The van der Waals surface area contributed by atoms with E-state index in [1.54, 1.807) is 0 Å². The van der Waals surface area contributed by atoms with Gasteiger partial charge in [-0.2, -0.15) is 0 Å². The van der Waals surface area contributed by atoms with Crippen molar-refractivity contribution in [3.8, 4) is 17.0 Å². The maximum atomic E-state index is 12.4. The average Bonchev–Trinajstić information content (AvgIpc) is 3.16. The number of nitrogens with zero attached hydrogens (tertiary/aromatic N) is 1. The smallest absolute Gasteiger partial charge is 0.226 e. The molecule has 0 aliphatic heterocycles. The number of hydrogen-bond donors (Lipinski definition) is 2. The van der Waals surface area contributed by atoms with Gasteiger partial charge in [0, 0.05) is 16.9 Å². The Morgan fingerprint density at radius 1 is 1.13 bits per heavy atom. The maximum absolute atomic E-state index is 12.4. The molecule has 0 fully saturated rings. The van der Waals surface area contributed by atoms with Crippen molar-refractivity contribution in [2.75, 3.05) is 11.9 Å². The van der Waals surface area contributed by atoms with Gasteiger partial charge in [0.15, 0.2) is 5.13 Å². The number of carbonyl (C=O) groups is 1. The monoisotopic (exact) mass is 424 g/mol. The minimum Gasteiger partial charge on any atom is -0.494 e. The Bertz CT molecular complexity index is 939. The van der Waals surface area contributed by atoms with E-state index < -0.39 is 6.10 Å². The molecular weight excluding hydrogens is 396 g/mol. The SMILES string of the molecule is CCCc1sc(NC(=O)CC[C@@H](O)c2ccccc2)nc1-c1ccc(OCC)cc1. The summed E-state index contributed by atoms with van der Waals surface area (Å²) in [6.07, 6.45) is 1.86. The Hall–Kier alpha value is -2.70. The third kappa shape index (κ3) is 5.90. The molecule has 0 aliphatic rings. The molecule has 1 heterocycles. The van der Waals surface area contributed by atoms with Crippen LogP contribution in [0.1, 0.15) is 49.7 Å². The first kappa shape index (κ1) is 22.0. The Kier molecular flexibility index (Phi) is 7.99. The first-order chi connectivity index (χ1) is 14.6. The lowest BCUT2D eigenvalue weighted by Gasteiger charge is -2.10. The molecule has 0 saturated heterocycles. The number of aliphatic hydroxyl groups excluding tert-OH is 1. The number of thiazole rings is 1. The fraction of sp³-hybridized carbons (Fsp3) is 0.333. The normalized spacial score (nSPS) is 11.8. The van der Waals surface area contributed by atoms with E-state index in [4.69, 9.17) is 4.74 Å². The van der Waals surface area contributed by atoms with E-state index in [2.05, 4.69) is 17.2 Å². The predicted molar refractivity (Wildman–Crippen MR) is 122 cm³/mol. The van der Waals surface area contributed by atoms with E-state index in [0.717, 1.165) is 40.3 Å². The third-order valence-electron chi connectivity index (χ3n) is 4.69. The summed E-state index contributed by atoms with van der Waals surface area (Å²) in [4.78, 5) is 18.2. The minimum atomic E-state index is -0.650. The van der Waals surface area contributed by atoms with Crippen LogP contribution in [-0.4, -0.2) is 22.6 Å². The van der Waals surface area contributed by atoms with E-state index in [1.807, 2.05) is 61.5 Å². The molecule has 3 rings (SSSR count). The second kappa shape index (κ2) is 10.9. The molecule has 0 aliphatic carbocycles. The lowest BCUT2D eigenvalue weighted by atomic mass is 10.1. The first-order valence-electron chi connectivity index (χ1n) is 10.4. The maximum Gasteiger partial charge on any atom is 0.226 e. The van der Waals surface area contributed by atoms with Crippen LogP contribution in [0, 0.1) is 0 Å². The molecule has 158 valence electrons. The zero-order valence-electron chi connectivity index (χ0n) is 17.4. The highest BCUT2D eigenvalue weighted by molar-refractivity contribution is 7.16. The Morgan fingerprint density at radius 3 is 2.53 bits per heavy atom. The van der Waals surface area contributed by atoms with Crippen LogP contribution in [0.15, 0.2) is 54.6 Å². The van der Waals surface area contributed by atoms with Crippen molar-refractivity contribution in [2.24, 2.45) is 0 Å². The van der Waals surface area contributed by atoms with Crippen molar-refractivity contribution >= 4 is 22.4 Å². The summed E-state index contributed by atoms with van der Waals surface area (Å²) in [5.74, 6) is 0.694. The number of carbonyl (C=O) groups excluding carboxylic acids is 1. The molecule has 0 radical (unpaired) electrons. The van der Waals surface area contributed by atoms with Crippen molar-refractivity contribution in [1.29, 1.82) is 0 Å². The number of amides is 1. The molecule has 1 amide bonds. The number of aliphatic hydroxyl groups is 1. The standard InChI is InChI=1S/C24H28N2O3S/c1-3-8-21-23(18-11-13-19(14-12-18)29-4-2)26-24(30-21)25-22(28)16-15-20(27)17-9-6-5-7-10-17/h5-7,9-14,20,27H,3-4,8,15-16H2,1-2H3,(H,25,26,28)/t20-/m1/s1. The van der Waals surface area contributed by atoms with Crippen LogP contribution in [0.5, 0.6) is 5.75 Å². The summed E-state index contributed by atoms with van der Waals surface area (Å²) in [5.41, 5.74) is 2.74. The van der Waals surface area contributed by atoms with E-state index >= 15 is 0 Å². The molecule has 0 saturated carbocycles. The summed E-state index contributed by atoms with van der Waals surface area (Å²) < 4.78 is 5.52. The van der Waals surface area contributed by atoms with Crippen molar-refractivity contribution in [1.82, 2.24) is 4.98 Å². The highest BCUT2D eigenvalue weighted by atomic mass is 32.1. The van der Waals surface area contributed by atoms with E-state index in [9.17, 15) is 9.90 Å². The summed E-state index contributed by atoms with van der Waals surface area (Å²) in [5, 5.41) is 13.8. The zero-order valence-corrected chi connectivity index (χ0v) is 18.2. The quantitative estimate of drug-likeness (QED) is 0.443. The van der Waals surface area contributed by atoms with Gasteiger partial charge in [0.2, 0.25) is 5.91 Å². The number of aromatic nitrogens is 1. The van der Waals surface area contributed by atoms with E-state index in [-0.39, 0.29) is 12.3 Å². The van der Waals surface area contributed by atoms with Gasteiger partial charge >= 0.3 is 0 Å². The molecule has 0 bridgehead atoms. The van der Waals surface area contributed by atoms with Crippen LogP contribution in [0.2, 0.25) is 0 Å². The first-order valence-corrected chi connectivity index (χ1v) is 11.2. The number of benzene rings is 2. The van der Waals surface area contributed by atoms with Gasteiger partial charge in [0.1, 0.15) is 5.75 Å². The van der Waals surface area contributed by atoms with Crippen LogP contribution in [0.25, 0.3) is 11.3 Å². The van der Waals surface area contributed by atoms with E-state index in [1.165, 1.54) is 11.3 Å². The lowest BCUT2D eigenvalue weighted by molar-refractivity contribution is -0.116. The van der Waals surface area contributed by atoms with Gasteiger partial charge in [-0.3, -0.25) is 4.79 Å². The van der Waals surface area contributed by atoms with Crippen LogP contribution >= 0.6 is 11.3 Å². The largest absolute Gasteiger partial charge is 0.494 e. The second-order valence-electron chi connectivity index (χ2n) is 7.01. The highest BCUT2D eigenvalue weighted by Crippen LogP contribution is 2.33. The van der Waals surface area contributed by atoms with Gasteiger partial charge in [0.05, 0.1) is 18.4 Å². The molecule has 1 atom stereocenters. The van der Waals surface area contributed by atoms with Gasteiger partial charge in [-0.25, -0.2) is 4.98 Å². The van der Waals surface area contributed by atoms with Crippen LogP contribution in [0.4, 0.5) is 5.13 Å². The van der Waals surface area contributed by atoms with E-state index in [0.29, 0.717) is 18.2 Å². The lowest BCUT2D eigenvalue weighted by Crippen LogP contribution is -2.12. The molecular formula is C24H28N2O3S. The molecule has 6 heteroatoms. The second-order valence-corrected chi connectivity index (χ2v) is 8.10. The van der Waals surface area contributed by atoms with Crippen molar-refractivity contribution in [3.63, 3.8) is 0 Å². The number of nitrogens with one attached hydrogen (secondary N) is 1. The molecule has 1 aromatic heterocycles. The Labute approximate surface area is 181 Å². The summed E-state index contributed by atoms with van der Waals surface area (Å²) in [7, 11) is 0. The molecule has 30 heavy (non-hydrogen) atoms. The van der Waals surface area contributed by atoms with Crippen molar-refractivity contribution in [2.45, 2.75) is 45.6 Å². The number of ether oxygens (including phenoxy) is 1. The van der Waals surface area contributed by atoms with Gasteiger partial charge in [-0.1, -0.05) is 43.7 Å². The van der Waals surface area contributed by atoms with Crippen LogP contribution in [-0.2, 0) is 11.2 Å². The summed E-state index contributed by atoms with van der Waals surface area (Å²) >= 11 is 1.52. The number of aryl methyl sites for hydroxylation is 1. The molecule has 3 aromatic rings. The highest BCUT2D eigenvalue weighted by Gasteiger charge is 2.16. The summed E-state index contributed by atoms with van der Waals surface area (Å²) in [6.45, 7) is 4.72. The molecule has 2 aromatic carbocycles. The molecule has 0 unspecified atom stereocenters. The molecule has 0 spiro atoms. The number of hydrogen-bond acceptors (Lipinski definition) is 5. The molecule has 2 N–H and O–H groups in total. The molecule has 5 nitrogen and oxygen atoms in total. The average molecular weight is 425 g/mol. The van der Waals surface area contributed by atoms with Crippen molar-refractivity contribution < 1.29 is 14.6 Å². The van der Waals surface area contributed by atoms with Crippen molar-refractivity contribution in [3.05, 3.63) is 65.0 Å². The summed E-state index contributed by atoms with van der Waals surface area (Å²) in [6, 6.07) is 17.3. The number of rotatable bonds is 10. The van der Waals surface area contributed by atoms with Gasteiger partial charge in [-0.15, -0.1) is 11.3 Å². The fourth-order valence-corrected chi connectivity index (χ4v) is 4.30. The van der Waals surface area contributed by atoms with Crippen LogP contribution < -0.4 is 10.1 Å². The van der Waals surface area contributed by atoms with Gasteiger partial charge in [0.25, 0.3) is 0 Å². The fourth-order valence-electron chi connectivity index (χ4n) is 3.19. The number of anilines is 1.